The molecular formula is C19H20FN5O3S. The molecule has 0 spiro atoms. The number of aromatic nitrogens is 3. The first-order chi connectivity index (χ1) is 13.9. The minimum absolute atomic E-state index is 0.0384. The number of aromatic amines is 1. The highest BCUT2D eigenvalue weighted by atomic mass is 32.2. The number of piperidine rings is 1. The zero-order chi connectivity index (χ0) is 20.6. The number of carbonyl (C=O) groups is 1. The summed E-state index contributed by atoms with van der Waals surface area (Å²) in [4.78, 5) is 17.2. The minimum Gasteiger partial charge on any atom is -0.307 e. The molecular weight excluding hydrogens is 397 g/mol. The van der Waals surface area contributed by atoms with E-state index in [4.69, 9.17) is 0 Å². The van der Waals surface area contributed by atoms with Crippen LogP contribution >= 0.6 is 0 Å². The fourth-order valence-electron chi connectivity index (χ4n) is 3.49. The van der Waals surface area contributed by atoms with Crippen molar-refractivity contribution >= 4 is 32.8 Å². The highest BCUT2D eigenvalue weighted by Crippen LogP contribution is 2.27. The largest absolute Gasteiger partial charge is 0.307 e. The van der Waals surface area contributed by atoms with Gasteiger partial charge in [-0.2, -0.15) is 9.40 Å². The number of carbonyl (C=O) groups excluding carboxylic acids is 1. The molecule has 2 aromatic heterocycles. The van der Waals surface area contributed by atoms with Gasteiger partial charge in [0.15, 0.2) is 11.5 Å². The van der Waals surface area contributed by atoms with E-state index in [1.54, 1.807) is 12.1 Å². The number of pyridine rings is 1. The smallest absolute Gasteiger partial charge is 0.244 e. The molecule has 1 fully saturated rings. The lowest BCUT2D eigenvalue weighted by molar-refractivity contribution is -0.120. The Morgan fingerprint density at radius 3 is 2.72 bits per heavy atom. The maximum atomic E-state index is 13.2. The molecule has 0 aliphatic carbocycles. The van der Waals surface area contributed by atoms with Crippen molar-refractivity contribution in [3.63, 3.8) is 0 Å². The van der Waals surface area contributed by atoms with Crippen LogP contribution < -0.4 is 5.32 Å². The van der Waals surface area contributed by atoms with Crippen LogP contribution in [0.1, 0.15) is 25.0 Å². The normalized spacial score (nSPS) is 18.1. The van der Waals surface area contributed by atoms with Gasteiger partial charge in [0.25, 0.3) is 0 Å². The predicted octanol–water partition coefficient (Wildman–Crippen LogP) is 2.59. The van der Waals surface area contributed by atoms with Gasteiger partial charge in [-0.05, 0) is 56.2 Å². The van der Waals surface area contributed by atoms with Crippen molar-refractivity contribution in [2.75, 3.05) is 11.9 Å². The van der Waals surface area contributed by atoms with Gasteiger partial charge in [-0.3, -0.25) is 9.89 Å². The summed E-state index contributed by atoms with van der Waals surface area (Å²) in [6, 6.07) is 7.34. The second-order valence-corrected chi connectivity index (χ2v) is 8.88. The maximum absolute atomic E-state index is 13.2. The Morgan fingerprint density at radius 2 is 1.97 bits per heavy atom. The quantitative estimate of drug-likeness (QED) is 0.678. The Balaban J connectivity index is 1.61. The molecule has 8 nitrogen and oxygen atoms in total. The van der Waals surface area contributed by atoms with E-state index in [0.717, 1.165) is 24.2 Å². The molecule has 0 radical (unpaired) electrons. The summed E-state index contributed by atoms with van der Waals surface area (Å²) >= 11 is 0. The average Bonchev–Trinajstić information content (AvgIpc) is 3.10. The van der Waals surface area contributed by atoms with Crippen LogP contribution in [0.3, 0.4) is 0 Å². The van der Waals surface area contributed by atoms with Crippen LogP contribution in [-0.4, -0.2) is 46.4 Å². The van der Waals surface area contributed by atoms with Crippen LogP contribution in [0.5, 0.6) is 0 Å². The van der Waals surface area contributed by atoms with Gasteiger partial charge >= 0.3 is 0 Å². The Bertz CT molecular complexity index is 1160. The standard InChI is InChI=1S/C19H20FN5O3S/c1-12-5-10-15-17(21-12)23-24-18(15)22-19(26)16-4-2-3-11-25(16)29(27,28)14-8-6-13(20)7-9-14/h5-10,16H,2-4,11H2,1H3,(H2,21,22,23,24,26). The number of hydrogen-bond acceptors (Lipinski definition) is 5. The number of halogens is 1. The van der Waals surface area contributed by atoms with E-state index in [0.29, 0.717) is 29.7 Å². The van der Waals surface area contributed by atoms with E-state index in [1.165, 1.54) is 16.4 Å². The van der Waals surface area contributed by atoms with Crippen LogP contribution in [0, 0.1) is 12.7 Å². The van der Waals surface area contributed by atoms with Gasteiger partial charge in [0.2, 0.25) is 15.9 Å². The number of nitrogens with one attached hydrogen (secondary N) is 2. The van der Waals surface area contributed by atoms with Crippen molar-refractivity contribution in [2.24, 2.45) is 0 Å². The SMILES string of the molecule is Cc1ccc2c(NC(=O)C3CCCCN3S(=O)(=O)c3ccc(F)cc3)n[nH]c2n1. The first-order valence-corrected chi connectivity index (χ1v) is 10.7. The van der Waals surface area contributed by atoms with Gasteiger partial charge in [0.1, 0.15) is 11.9 Å². The van der Waals surface area contributed by atoms with E-state index in [-0.39, 0.29) is 11.4 Å². The molecule has 2 N–H and O–H groups in total. The molecule has 29 heavy (non-hydrogen) atoms. The van der Waals surface area contributed by atoms with Crippen LogP contribution in [0.25, 0.3) is 11.0 Å². The van der Waals surface area contributed by atoms with Crippen LogP contribution in [0.4, 0.5) is 10.2 Å². The number of anilines is 1. The van der Waals surface area contributed by atoms with Crippen molar-refractivity contribution in [3.8, 4) is 0 Å². The summed E-state index contributed by atoms with van der Waals surface area (Å²) in [6.07, 6.45) is 1.78. The van der Waals surface area contributed by atoms with E-state index in [9.17, 15) is 17.6 Å². The Kier molecular flexibility index (Phi) is 5.05. The summed E-state index contributed by atoms with van der Waals surface area (Å²) in [5.41, 5.74) is 1.35. The molecule has 4 rings (SSSR count). The maximum Gasteiger partial charge on any atom is 0.244 e. The first kappa shape index (κ1) is 19.5. The number of aryl methyl sites for hydroxylation is 1. The number of H-pyrrole nitrogens is 1. The number of sulfonamides is 1. The van der Waals surface area contributed by atoms with E-state index < -0.39 is 27.8 Å². The average molecular weight is 417 g/mol. The topological polar surface area (TPSA) is 108 Å². The van der Waals surface area contributed by atoms with Crippen LogP contribution in [-0.2, 0) is 14.8 Å². The first-order valence-electron chi connectivity index (χ1n) is 9.26. The molecule has 1 unspecified atom stereocenters. The van der Waals surface area contributed by atoms with Gasteiger partial charge in [0.05, 0.1) is 10.3 Å². The Hall–Kier alpha value is -2.85. The summed E-state index contributed by atoms with van der Waals surface area (Å²) in [5, 5.41) is 10.2. The number of benzene rings is 1. The Morgan fingerprint density at radius 1 is 1.21 bits per heavy atom. The highest BCUT2D eigenvalue weighted by Gasteiger charge is 2.38. The number of hydrogen-bond donors (Lipinski definition) is 2. The third-order valence-corrected chi connectivity index (χ3v) is 6.90. The second kappa shape index (κ2) is 7.53. The zero-order valence-corrected chi connectivity index (χ0v) is 16.5. The molecule has 1 aliphatic rings. The van der Waals surface area contributed by atoms with Crippen molar-refractivity contribution < 1.29 is 17.6 Å². The molecule has 152 valence electrons. The summed E-state index contributed by atoms with van der Waals surface area (Å²) < 4.78 is 40.5. The molecule has 0 bridgehead atoms. The van der Waals surface area contributed by atoms with Crippen molar-refractivity contribution in [2.45, 2.75) is 37.1 Å². The fraction of sp³-hybridized carbons (Fsp3) is 0.316. The van der Waals surface area contributed by atoms with Crippen molar-refractivity contribution in [1.82, 2.24) is 19.5 Å². The molecule has 1 aliphatic heterocycles. The summed E-state index contributed by atoms with van der Waals surface area (Å²) in [7, 11) is -3.93. The van der Waals surface area contributed by atoms with Crippen molar-refractivity contribution in [3.05, 3.63) is 47.9 Å². The number of amides is 1. The molecule has 3 aromatic rings. The van der Waals surface area contributed by atoms with Gasteiger partial charge in [0, 0.05) is 12.2 Å². The predicted molar refractivity (Wildman–Crippen MR) is 105 cm³/mol. The molecule has 1 aromatic carbocycles. The highest BCUT2D eigenvalue weighted by molar-refractivity contribution is 7.89. The lowest BCUT2D eigenvalue weighted by Crippen LogP contribution is -2.49. The molecule has 3 heterocycles. The fourth-order valence-corrected chi connectivity index (χ4v) is 5.15. The molecule has 0 saturated carbocycles. The third kappa shape index (κ3) is 3.73. The van der Waals surface area contributed by atoms with Gasteiger partial charge < -0.3 is 5.32 Å². The van der Waals surface area contributed by atoms with Gasteiger partial charge in [-0.15, -0.1) is 0 Å². The molecule has 1 atom stereocenters. The second-order valence-electron chi connectivity index (χ2n) is 6.99. The van der Waals surface area contributed by atoms with E-state index in [2.05, 4.69) is 20.5 Å². The van der Waals surface area contributed by atoms with Crippen LogP contribution in [0.2, 0.25) is 0 Å². The molecule has 10 heteroatoms. The summed E-state index contributed by atoms with van der Waals surface area (Å²) in [5.74, 6) is -0.669. The van der Waals surface area contributed by atoms with Gasteiger partial charge in [-0.1, -0.05) is 6.42 Å². The van der Waals surface area contributed by atoms with Crippen molar-refractivity contribution in [1.29, 1.82) is 0 Å². The number of rotatable bonds is 4. The Labute approximate surface area is 167 Å². The monoisotopic (exact) mass is 417 g/mol. The molecule has 1 saturated heterocycles. The summed E-state index contributed by atoms with van der Waals surface area (Å²) in [6.45, 7) is 2.07. The number of nitrogens with zero attached hydrogens (tertiary/aromatic N) is 3. The zero-order valence-electron chi connectivity index (χ0n) is 15.7. The number of fused-ring (bicyclic) bond motifs is 1. The van der Waals surface area contributed by atoms with Gasteiger partial charge in [-0.25, -0.2) is 17.8 Å². The van der Waals surface area contributed by atoms with E-state index >= 15 is 0 Å². The lowest BCUT2D eigenvalue weighted by atomic mass is 10.0. The van der Waals surface area contributed by atoms with E-state index in [1.807, 2.05) is 6.92 Å². The molecule has 1 amide bonds. The lowest BCUT2D eigenvalue weighted by Gasteiger charge is -2.33. The van der Waals surface area contributed by atoms with Crippen LogP contribution in [0.15, 0.2) is 41.3 Å². The minimum atomic E-state index is -3.93. The third-order valence-electron chi connectivity index (χ3n) is 4.98.